The van der Waals surface area contributed by atoms with Crippen LogP contribution in [0.3, 0.4) is 0 Å². The molecule has 2 rings (SSSR count). The van der Waals surface area contributed by atoms with Gasteiger partial charge in [0.2, 0.25) is 0 Å². The van der Waals surface area contributed by atoms with Gasteiger partial charge in [-0.1, -0.05) is 6.92 Å². The van der Waals surface area contributed by atoms with Crippen LogP contribution in [0.2, 0.25) is 0 Å². The Morgan fingerprint density at radius 1 is 1.39 bits per heavy atom. The predicted molar refractivity (Wildman–Crippen MR) is 70.9 cm³/mol. The first kappa shape index (κ1) is 12.8. The van der Waals surface area contributed by atoms with E-state index in [1.165, 1.54) is 0 Å². The van der Waals surface area contributed by atoms with E-state index in [4.69, 9.17) is 0 Å². The maximum absolute atomic E-state index is 10.7. The van der Waals surface area contributed by atoms with Crippen LogP contribution in [0.1, 0.15) is 13.3 Å². The number of non-ortho nitro benzene ring substituents is 1. The molecule has 1 radical (unpaired) electrons. The lowest BCUT2D eigenvalue weighted by molar-refractivity contribution is -0.385. The number of hydrogen-bond acceptors (Lipinski definition) is 4. The van der Waals surface area contributed by atoms with Crippen molar-refractivity contribution in [3.63, 3.8) is 0 Å². The van der Waals surface area contributed by atoms with Crippen molar-refractivity contribution in [1.82, 2.24) is 4.90 Å². The fourth-order valence-electron chi connectivity index (χ4n) is 2.29. The number of rotatable bonds is 3. The van der Waals surface area contributed by atoms with Crippen LogP contribution >= 0.6 is 0 Å². The van der Waals surface area contributed by atoms with E-state index in [1.54, 1.807) is 12.1 Å². The quantitative estimate of drug-likeness (QED) is 0.606. The normalized spacial score (nSPS) is 17.5. The number of hydrogen-bond donors (Lipinski definition) is 0. The van der Waals surface area contributed by atoms with Crippen molar-refractivity contribution in [3.8, 4) is 0 Å². The molecule has 0 amide bonds. The molecule has 0 unspecified atom stereocenters. The third-order valence-electron chi connectivity index (χ3n) is 3.37. The van der Waals surface area contributed by atoms with Crippen LogP contribution in [0, 0.1) is 16.2 Å². The monoisotopic (exact) mass is 248 g/mol. The number of benzene rings is 1. The Morgan fingerprint density at radius 2 is 2.22 bits per heavy atom. The average Bonchev–Trinajstić information content (AvgIpc) is 2.64. The van der Waals surface area contributed by atoms with Gasteiger partial charge in [0, 0.05) is 31.4 Å². The van der Waals surface area contributed by atoms with Gasteiger partial charge in [0.05, 0.1) is 11.0 Å². The van der Waals surface area contributed by atoms with Crippen molar-refractivity contribution in [2.75, 3.05) is 37.6 Å². The van der Waals surface area contributed by atoms with Crippen LogP contribution in [0.15, 0.2) is 18.2 Å². The van der Waals surface area contributed by atoms with Crippen molar-refractivity contribution in [2.24, 2.45) is 0 Å². The van der Waals surface area contributed by atoms with Gasteiger partial charge in [-0.2, -0.15) is 0 Å². The second-order valence-electron chi connectivity index (χ2n) is 4.46. The van der Waals surface area contributed by atoms with Crippen LogP contribution < -0.4 is 4.90 Å². The molecule has 0 saturated carbocycles. The Morgan fingerprint density at radius 3 is 2.94 bits per heavy atom. The van der Waals surface area contributed by atoms with Gasteiger partial charge < -0.3 is 9.80 Å². The Labute approximate surface area is 107 Å². The summed E-state index contributed by atoms with van der Waals surface area (Å²) in [6.45, 7) is 7.23. The number of nitrogens with zero attached hydrogens (tertiary/aromatic N) is 3. The van der Waals surface area contributed by atoms with Crippen LogP contribution in [0.4, 0.5) is 11.4 Å². The molecule has 1 aromatic rings. The van der Waals surface area contributed by atoms with Crippen molar-refractivity contribution in [3.05, 3.63) is 34.4 Å². The summed E-state index contributed by atoms with van der Waals surface area (Å²) < 4.78 is 0. The van der Waals surface area contributed by atoms with Gasteiger partial charge in [-0.15, -0.1) is 0 Å². The summed E-state index contributed by atoms with van der Waals surface area (Å²) >= 11 is 0. The van der Waals surface area contributed by atoms with Gasteiger partial charge in [-0.3, -0.25) is 10.1 Å². The smallest absolute Gasteiger partial charge is 0.279 e. The minimum Gasteiger partial charge on any atom is -0.370 e. The molecule has 1 fully saturated rings. The summed E-state index contributed by atoms with van der Waals surface area (Å²) in [7, 11) is 0. The standard InChI is InChI=1S/C13H18N3O2/c1-2-14-7-4-8-15(10-9-14)12-5-3-6-13(11-12)16(17)18/h3,5,11H,2,4,7-10H2,1H3. The van der Waals surface area contributed by atoms with Crippen molar-refractivity contribution < 1.29 is 4.92 Å². The predicted octanol–water partition coefficient (Wildman–Crippen LogP) is 1.93. The topological polar surface area (TPSA) is 49.6 Å². The molecule has 1 aromatic carbocycles. The molecule has 0 spiro atoms. The molecule has 0 bridgehead atoms. The maximum Gasteiger partial charge on any atom is 0.279 e. The summed E-state index contributed by atoms with van der Waals surface area (Å²) in [5.41, 5.74) is 0.975. The van der Waals surface area contributed by atoms with Crippen LogP contribution in [0.25, 0.3) is 0 Å². The van der Waals surface area contributed by atoms with E-state index in [0.717, 1.165) is 44.8 Å². The van der Waals surface area contributed by atoms with Crippen molar-refractivity contribution in [2.45, 2.75) is 13.3 Å². The molecular weight excluding hydrogens is 230 g/mol. The van der Waals surface area contributed by atoms with Gasteiger partial charge in [0.15, 0.2) is 0 Å². The van der Waals surface area contributed by atoms with E-state index in [2.05, 4.69) is 22.8 Å². The summed E-state index contributed by atoms with van der Waals surface area (Å²) in [6.07, 6.45) is 1.10. The Kier molecular flexibility index (Phi) is 4.15. The third kappa shape index (κ3) is 2.98. The van der Waals surface area contributed by atoms with E-state index < -0.39 is 0 Å². The first-order chi connectivity index (χ1) is 8.70. The Balaban J connectivity index is 2.11. The largest absolute Gasteiger partial charge is 0.370 e. The Hall–Kier alpha value is -1.62. The molecule has 97 valence electrons. The van der Waals surface area contributed by atoms with Crippen LogP contribution in [-0.4, -0.2) is 42.5 Å². The van der Waals surface area contributed by atoms with Gasteiger partial charge >= 0.3 is 0 Å². The molecule has 0 aliphatic carbocycles. The highest BCUT2D eigenvalue weighted by Crippen LogP contribution is 2.21. The molecule has 0 aromatic heterocycles. The summed E-state index contributed by atoms with van der Waals surface area (Å²) in [6, 6.07) is 7.79. The lowest BCUT2D eigenvalue weighted by Gasteiger charge is -2.22. The molecular formula is C13H18N3O2. The van der Waals surface area contributed by atoms with Crippen molar-refractivity contribution in [1.29, 1.82) is 0 Å². The number of likely N-dealkylation sites (N-methyl/N-ethyl adjacent to an activating group) is 1. The van der Waals surface area contributed by atoms with E-state index in [-0.39, 0.29) is 10.6 Å². The first-order valence-electron chi connectivity index (χ1n) is 6.34. The highest BCUT2D eigenvalue weighted by molar-refractivity contribution is 5.52. The molecule has 1 aliphatic rings. The summed E-state index contributed by atoms with van der Waals surface area (Å²) in [5, 5.41) is 10.7. The first-order valence-corrected chi connectivity index (χ1v) is 6.34. The van der Waals surface area contributed by atoms with E-state index in [1.807, 2.05) is 6.07 Å². The molecule has 1 saturated heterocycles. The van der Waals surface area contributed by atoms with Gasteiger partial charge in [-0.05, 0) is 31.6 Å². The zero-order chi connectivity index (χ0) is 13.0. The van der Waals surface area contributed by atoms with Gasteiger partial charge in [0.25, 0.3) is 5.69 Å². The fraction of sp³-hybridized carbons (Fsp3) is 0.538. The van der Waals surface area contributed by atoms with Crippen LogP contribution in [-0.2, 0) is 0 Å². The molecule has 1 aliphatic heterocycles. The van der Waals surface area contributed by atoms with E-state index in [0.29, 0.717) is 0 Å². The second kappa shape index (κ2) is 5.82. The van der Waals surface area contributed by atoms with E-state index in [9.17, 15) is 10.1 Å². The SMILES string of the molecule is CCN1CCCN(c2cc[c]c([N+](=O)[O-])c2)CC1. The van der Waals surface area contributed by atoms with E-state index >= 15 is 0 Å². The zero-order valence-corrected chi connectivity index (χ0v) is 10.6. The summed E-state index contributed by atoms with van der Waals surface area (Å²) in [4.78, 5) is 15.0. The molecule has 5 nitrogen and oxygen atoms in total. The molecule has 0 N–H and O–H groups in total. The highest BCUT2D eigenvalue weighted by atomic mass is 16.6. The molecule has 18 heavy (non-hydrogen) atoms. The number of nitro groups is 1. The van der Waals surface area contributed by atoms with Crippen LogP contribution in [0.5, 0.6) is 0 Å². The lowest BCUT2D eigenvalue weighted by atomic mass is 10.2. The molecule has 5 heteroatoms. The number of anilines is 1. The number of nitro benzene ring substituents is 1. The van der Waals surface area contributed by atoms with Gasteiger partial charge in [-0.25, -0.2) is 0 Å². The summed E-state index contributed by atoms with van der Waals surface area (Å²) in [5.74, 6) is 0. The maximum atomic E-state index is 10.7. The lowest BCUT2D eigenvalue weighted by Crippen LogP contribution is -2.30. The minimum absolute atomic E-state index is 0.0455. The highest BCUT2D eigenvalue weighted by Gasteiger charge is 2.16. The minimum atomic E-state index is -0.389. The third-order valence-corrected chi connectivity index (χ3v) is 3.37. The zero-order valence-electron chi connectivity index (χ0n) is 10.6. The Bertz CT molecular complexity index is 422. The molecule has 0 atom stereocenters. The van der Waals surface area contributed by atoms with Crippen molar-refractivity contribution >= 4 is 11.4 Å². The average molecular weight is 248 g/mol. The second-order valence-corrected chi connectivity index (χ2v) is 4.46. The van der Waals surface area contributed by atoms with Gasteiger partial charge in [0.1, 0.15) is 0 Å². The fourth-order valence-corrected chi connectivity index (χ4v) is 2.29. The molecule has 1 heterocycles.